The van der Waals surface area contributed by atoms with Gasteiger partial charge in [-0.2, -0.15) is 0 Å². The van der Waals surface area contributed by atoms with Gasteiger partial charge in [0, 0.05) is 6.07 Å². The minimum absolute atomic E-state index is 0.421. The van der Waals surface area contributed by atoms with Gasteiger partial charge in [0.2, 0.25) is 5.88 Å². The van der Waals surface area contributed by atoms with E-state index in [2.05, 4.69) is 4.98 Å². The predicted molar refractivity (Wildman–Crippen MR) is 80.7 cm³/mol. The van der Waals surface area contributed by atoms with E-state index >= 15 is 0 Å². The third kappa shape index (κ3) is 3.81. The molecule has 0 amide bonds. The summed E-state index contributed by atoms with van der Waals surface area (Å²) in [6.45, 7) is 4.36. The van der Waals surface area contributed by atoms with Crippen LogP contribution in [0.3, 0.4) is 0 Å². The number of carboxylic acids is 1. The van der Waals surface area contributed by atoms with E-state index in [0.717, 1.165) is 11.1 Å². The minimum atomic E-state index is -0.876. The molecular formula is C17H19NO3. The Bertz CT molecular complexity index is 625. The minimum Gasteiger partial charge on any atom is -0.481 e. The van der Waals surface area contributed by atoms with E-state index in [1.165, 1.54) is 0 Å². The summed E-state index contributed by atoms with van der Waals surface area (Å²) in [5.74, 6) is -1.09. The van der Waals surface area contributed by atoms with Gasteiger partial charge in [-0.3, -0.25) is 4.79 Å². The standard InChI is InChI=1S/C17H19NO3/c1-3-21-16-10-6-9-15(18-16)14(17(19)20)11-13-8-5-4-7-12(13)2/h4-10,14H,3,11H2,1-2H3,(H,19,20). The molecule has 2 rings (SSSR count). The van der Waals surface area contributed by atoms with Crippen molar-refractivity contribution in [3.05, 3.63) is 59.3 Å². The fraction of sp³-hybridized carbons (Fsp3) is 0.294. The molecule has 21 heavy (non-hydrogen) atoms. The second-order valence-electron chi connectivity index (χ2n) is 4.86. The topological polar surface area (TPSA) is 59.4 Å². The number of benzene rings is 1. The van der Waals surface area contributed by atoms with Crippen LogP contribution in [0.2, 0.25) is 0 Å². The van der Waals surface area contributed by atoms with Crippen LogP contribution in [0, 0.1) is 6.92 Å². The molecule has 1 unspecified atom stereocenters. The Morgan fingerprint density at radius 3 is 2.67 bits per heavy atom. The molecule has 0 radical (unpaired) electrons. The second-order valence-corrected chi connectivity index (χ2v) is 4.86. The van der Waals surface area contributed by atoms with E-state index in [-0.39, 0.29) is 0 Å². The first kappa shape index (κ1) is 15.0. The van der Waals surface area contributed by atoms with Crippen LogP contribution >= 0.6 is 0 Å². The number of ether oxygens (including phenoxy) is 1. The first-order chi connectivity index (χ1) is 10.1. The summed E-state index contributed by atoms with van der Waals surface area (Å²) in [5, 5.41) is 9.52. The SMILES string of the molecule is CCOc1cccc(C(Cc2ccccc2C)C(=O)O)n1. The van der Waals surface area contributed by atoms with Crippen molar-refractivity contribution in [1.82, 2.24) is 4.98 Å². The summed E-state index contributed by atoms with van der Waals surface area (Å²) >= 11 is 0. The predicted octanol–water partition coefficient (Wildman–Crippen LogP) is 3.20. The summed E-state index contributed by atoms with van der Waals surface area (Å²) in [5.41, 5.74) is 2.63. The van der Waals surface area contributed by atoms with Gasteiger partial charge in [0.15, 0.2) is 0 Å². The van der Waals surface area contributed by atoms with Crippen LogP contribution in [0.4, 0.5) is 0 Å². The number of aromatic nitrogens is 1. The van der Waals surface area contributed by atoms with E-state index in [4.69, 9.17) is 4.74 Å². The summed E-state index contributed by atoms with van der Waals surface area (Å²) < 4.78 is 5.35. The fourth-order valence-electron chi connectivity index (χ4n) is 2.23. The van der Waals surface area contributed by atoms with Crippen molar-refractivity contribution in [1.29, 1.82) is 0 Å². The van der Waals surface area contributed by atoms with Crippen molar-refractivity contribution < 1.29 is 14.6 Å². The van der Waals surface area contributed by atoms with E-state index in [1.54, 1.807) is 18.2 Å². The van der Waals surface area contributed by atoms with Crippen LogP contribution in [-0.4, -0.2) is 22.7 Å². The van der Waals surface area contributed by atoms with Gasteiger partial charge in [-0.1, -0.05) is 30.3 Å². The van der Waals surface area contributed by atoms with Crippen LogP contribution < -0.4 is 4.74 Å². The highest BCUT2D eigenvalue weighted by Gasteiger charge is 2.22. The molecule has 1 aromatic heterocycles. The summed E-state index contributed by atoms with van der Waals surface area (Å²) in [7, 11) is 0. The van der Waals surface area contributed by atoms with Gasteiger partial charge in [-0.15, -0.1) is 0 Å². The van der Waals surface area contributed by atoms with Gasteiger partial charge in [0.05, 0.1) is 12.3 Å². The van der Waals surface area contributed by atoms with Crippen molar-refractivity contribution in [3.8, 4) is 5.88 Å². The van der Waals surface area contributed by atoms with Crippen LogP contribution in [0.15, 0.2) is 42.5 Å². The van der Waals surface area contributed by atoms with E-state index in [0.29, 0.717) is 24.6 Å². The van der Waals surface area contributed by atoms with Crippen LogP contribution in [0.25, 0.3) is 0 Å². The molecule has 110 valence electrons. The molecular weight excluding hydrogens is 266 g/mol. The number of nitrogens with zero attached hydrogens (tertiary/aromatic N) is 1. The Balaban J connectivity index is 2.29. The zero-order valence-electron chi connectivity index (χ0n) is 12.2. The van der Waals surface area contributed by atoms with Crippen LogP contribution in [0.1, 0.15) is 29.7 Å². The van der Waals surface area contributed by atoms with Gasteiger partial charge < -0.3 is 9.84 Å². The molecule has 0 aliphatic carbocycles. The summed E-state index contributed by atoms with van der Waals surface area (Å²) in [6, 6.07) is 13.1. The molecule has 0 spiro atoms. The van der Waals surface area contributed by atoms with E-state index in [9.17, 15) is 9.90 Å². The Kier molecular flexibility index (Phi) is 4.93. The molecule has 0 aliphatic heterocycles. The fourth-order valence-corrected chi connectivity index (χ4v) is 2.23. The van der Waals surface area contributed by atoms with E-state index < -0.39 is 11.9 Å². The van der Waals surface area contributed by atoms with Crippen molar-refractivity contribution in [2.45, 2.75) is 26.2 Å². The molecule has 1 heterocycles. The highest BCUT2D eigenvalue weighted by atomic mass is 16.5. The van der Waals surface area contributed by atoms with Crippen molar-refractivity contribution >= 4 is 5.97 Å². The number of rotatable bonds is 6. The number of aliphatic carboxylic acids is 1. The first-order valence-corrected chi connectivity index (χ1v) is 6.99. The highest BCUT2D eigenvalue weighted by Crippen LogP contribution is 2.23. The van der Waals surface area contributed by atoms with Gasteiger partial charge in [-0.25, -0.2) is 4.98 Å². The largest absolute Gasteiger partial charge is 0.481 e. The van der Waals surface area contributed by atoms with Gasteiger partial charge in [-0.05, 0) is 37.5 Å². The Hall–Kier alpha value is -2.36. The zero-order valence-corrected chi connectivity index (χ0v) is 12.2. The average Bonchev–Trinajstić information content (AvgIpc) is 2.46. The maximum absolute atomic E-state index is 11.6. The molecule has 0 bridgehead atoms. The molecule has 0 saturated carbocycles. The number of aryl methyl sites for hydroxylation is 1. The lowest BCUT2D eigenvalue weighted by molar-refractivity contribution is -0.138. The van der Waals surface area contributed by atoms with Crippen LogP contribution in [0.5, 0.6) is 5.88 Å². The second kappa shape index (κ2) is 6.88. The zero-order chi connectivity index (χ0) is 15.2. The Labute approximate surface area is 124 Å². The lowest BCUT2D eigenvalue weighted by atomic mass is 9.93. The molecule has 1 aromatic carbocycles. The molecule has 4 nitrogen and oxygen atoms in total. The number of hydrogen-bond donors (Lipinski definition) is 1. The average molecular weight is 285 g/mol. The molecule has 0 aliphatic rings. The number of carboxylic acid groups (broad SMARTS) is 1. The molecule has 0 fully saturated rings. The monoisotopic (exact) mass is 285 g/mol. The Morgan fingerprint density at radius 1 is 1.24 bits per heavy atom. The van der Waals surface area contributed by atoms with E-state index in [1.807, 2.05) is 38.1 Å². The normalized spacial score (nSPS) is 11.9. The van der Waals surface area contributed by atoms with Gasteiger partial charge in [0.1, 0.15) is 5.92 Å². The highest BCUT2D eigenvalue weighted by molar-refractivity contribution is 5.76. The summed E-state index contributed by atoms with van der Waals surface area (Å²) in [6.07, 6.45) is 0.421. The number of pyridine rings is 1. The van der Waals surface area contributed by atoms with Gasteiger partial charge in [0.25, 0.3) is 0 Å². The third-order valence-corrected chi connectivity index (χ3v) is 3.38. The number of carbonyl (C=O) groups is 1. The molecule has 2 aromatic rings. The maximum atomic E-state index is 11.6. The Morgan fingerprint density at radius 2 is 2.00 bits per heavy atom. The lowest BCUT2D eigenvalue weighted by Gasteiger charge is -2.14. The summed E-state index contributed by atoms with van der Waals surface area (Å²) in [4.78, 5) is 15.9. The first-order valence-electron chi connectivity index (χ1n) is 6.99. The molecule has 4 heteroatoms. The lowest BCUT2D eigenvalue weighted by Crippen LogP contribution is -2.16. The van der Waals surface area contributed by atoms with Crippen molar-refractivity contribution in [2.75, 3.05) is 6.61 Å². The smallest absolute Gasteiger partial charge is 0.312 e. The molecule has 0 saturated heterocycles. The van der Waals surface area contributed by atoms with Gasteiger partial charge >= 0.3 is 5.97 Å². The number of hydrogen-bond acceptors (Lipinski definition) is 3. The van der Waals surface area contributed by atoms with Crippen molar-refractivity contribution in [2.24, 2.45) is 0 Å². The van der Waals surface area contributed by atoms with Crippen molar-refractivity contribution in [3.63, 3.8) is 0 Å². The third-order valence-electron chi connectivity index (χ3n) is 3.38. The maximum Gasteiger partial charge on any atom is 0.312 e. The molecule has 1 N–H and O–H groups in total. The molecule has 1 atom stereocenters. The quantitative estimate of drug-likeness (QED) is 0.885. The van der Waals surface area contributed by atoms with Crippen LogP contribution in [-0.2, 0) is 11.2 Å².